The Balaban J connectivity index is 1.29. The van der Waals surface area contributed by atoms with Crippen molar-refractivity contribution in [3.63, 3.8) is 0 Å². The van der Waals surface area contributed by atoms with Crippen LogP contribution in [0.5, 0.6) is 0 Å². The SMILES string of the molecule is Cn1ccnc1C(=O)N1CCOC2(CN(Cc3nc4ccccc4s3)CCO2)C1. The lowest BCUT2D eigenvalue weighted by Crippen LogP contribution is -2.62. The highest BCUT2D eigenvalue weighted by atomic mass is 32.1. The van der Waals surface area contributed by atoms with Gasteiger partial charge in [0.05, 0.1) is 43.1 Å². The number of amides is 1. The maximum Gasteiger partial charge on any atom is 0.290 e. The van der Waals surface area contributed by atoms with E-state index in [0.717, 1.165) is 23.6 Å². The van der Waals surface area contributed by atoms with Crippen molar-refractivity contribution >= 4 is 27.5 Å². The average Bonchev–Trinajstić information content (AvgIpc) is 3.33. The Morgan fingerprint density at radius 2 is 2.03 bits per heavy atom. The molecule has 0 N–H and O–H groups in total. The molecule has 2 aromatic heterocycles. The van der Waals surface area contributed by atoms with Crippen molar-refractivity contribution < 1.29 is 14.3 Å². The van der Waals surface area contributed by atoms with Gasteiger partial charge in [0.2, 0.25) is 0 Å². The molecule has 0 aliphatic carbocycles. The van der Waals surface area contributed by atoms with Gasteiger partial charge in [-0.3, -0.25) is 9.69 Å². The van der Waals surface area contributed by atoms with Gasteiger partial charge in [-0.2, -0.15) is 0 Å². The van der Waals surface area contributed by atoms with Crippen LogP contribution in [-0.2, 0) is 23.1 Å². The van der Waals surface area contributed by atoms with Gasteiger partial charge in [0.1, 0.15) is 5.01 Å². The molecule has 0 bridgehead atoms. The first kappa shape index (κ1) is 18.7. The number of carbonyl (C=O) groups excluding carboxylic acids is 1. The maximum absolute atomic E-state index is 12.9. The quantitative estimate of drug-likeness (QED) is 0.651. The molecule has 5 rings (SSSR count). The fraction of sp³-hybridized carbons (Fsp3) is 0.450. The first-order chi connectivity index (χ1) is 14.1. The number of benzene rings is 1. The zero-order valence-electron chi connectivity index (χ0n) is 16.3. The van der Waals surface area contributed by atoms with Gasteiger partial charge in [0.15, 0.2) is 11.6 Å². The molecule has 29 heavy (non-hydrogen) atoms. The minimum Gasteiger partial charge on any atom is -0.346 e. The predicted molar refractivity (Wildman–Crippen MR) is 109 cm³/mol. The summed E-state index contributed by atoms with van der Waals surface area (Å²) in [5.74, 6) is -0.454. The Kier molecular flexibility index (Phi) is 4.83. The number of nitrogens with zero attached hydrogens (tertiary/aromatic N) is 5. The summed E-state index contributed by atoms with van der Waals surface area (Å²) in [5.41, 5.74) is 1.04. The van der Waals surface area contributed by atoms with E-state index in [-0.39, 0.29) is 5.91 Å². The van der Waals surface area contributed by atoms with E-state index in [2.05, 4.69) is 16.0 Å². The van der Waals surface area contributed by atoms with Crippen molar-refractivity contribution in [3.05, 3.63) is 47.5 Å². The summed E-state index contributed by atoms with van der Waals surface area (Å²) in [5, 5.41) is 1.08. The Bertz CT molecular complexity index is 997. The Morgan fingerprint density at radius 1 is 1.21 bits per heavy atom. The molecule has 4 heterocycles. The number of thiazole rings is 1. The lowest BCUT2D eigenvalue weighted by atomic mass is 10.1. The number of morpholine rings is 2. The summed E-state index contributed by atoms with van der Waals surface area (Å²) in [6.07, 6.45) is 3.42. The molecular weight excluding hydrogens is 390 g/mol. The van der Waals surface area contributed by atoms with Crippen molar-refractivity contribution in [2.75, 3.05) is 39.4 Å². The smallest absolute Gasteiger partial charge is 0.290 e. The van der Waals surface area contributed by atoms with Crippen molar-refractivity contribution in [3.8, 4) is 0 Å². The second kappa shape index (κ2) is 7.49. The molecule has 8 nitrogen and oxygen atoms in total. The zero-order valence-corrected chi connectivity index (χ0v) is 17.1. The average molecular weight is 414 g/mol. The van der Waals surface area contributed by atoms with E-state index >= 15 is 0 Å². The predicted octanol–water partition coefficient (Wildman–Crippen LogP) is 1.73. The molecule has 9 heteroatoms. The van der Waals surface area contributed by atoms with Gasteiger partial charge in [0, 0.05) is 32.5 Å². The lowest BCUT2D eigenvalue weighted by molar-refractivity contribution is -0.287. The Morgan fingerprint density at radius 3 is 2.83 bits per heavy atom. The van der Waals surface area contributed by atoms with E-state index in [0.29, 0.717) is 38.7 Å². The highest BCUT2D eigenvalue weighted by molar-refractivity contribution is 7.18. The normalized spacial score (nSPS) is 23.1. The molecule has 1 unspecified atom stereocenters. The summed E-state index contributed by atoms with van der Waals surface area (Å²) in [6.45, 7) is 4.12. The van der Waals surface area contributed by atoms with E-state index in [4.69, 9.17) is 14.5 Å². The zero-order chi connectivity index (χ0) is 19.8. The van der Waals surface area contributed by atoms with E-state index in [9.17, 15) is 4.79 Å². The number of aryl methyl sites for hydroxylation is 1. The lowest BCUT2D eigenvalue weighted by Gasteiger charge is -2.47. The monoisotopic (exact) mass is 413 g/mol. The van der Waals surface area contributed by atoms with Crippen molar-refractivity contribution in [2.45, 2.75) is 12.3 Å². The van der Waals surface area contributed by atoms with E-state index < -0.39 is 5.79 Å². The molecule has 1 atom stereocenters. The number of carbonyl (C=O) groups is 1. The van der Waals surface area contributed by atoms with E-state index in [1.807, 2.05) is 25.2 Å². The van der Waals surface area contributed by atoms with Gasteiger partial charge in [-0.1, -0.05) is 12.1 Å². The minimum atomic E-state index is -0.798. The van der Waals surface area contributed by atoms with Crippen LogP contribution in [0.3, 0.4) is 0 Å². The van der Waals surface area contributed by atoms with Crippen molar-refractivity contribution in [2.24, 2.45) is 7.05 Å². The maximum atomic E-state index is 12.9. The second-order valence-corrected chi connectivity index (χ2v) is 8.60. The van der Waals surface area contributed by atoms with Gasteiger partial charge in [-0.05, 0) is 12.1 Å². The number of hydrogen-bond donors (Lipinski definition) is 0. The van der Waals surface area contributed by atoms with Crippen LogP contribution in [0.25, 0.3) is 10.2 Å². The van der Waals surface area contributed by atoms with Gasteiger partial charge in [-0.25, -0.2) is 9.97 Å². The van der Waals surface area contributed by atoms with Crippen LogP contribution >= 0.6 is 11.3 Å². The standard InChI is InChI=1S/C20H23N5O3S/c1-23-7-6-21-18(23)19(26)25-9-11-28-20(14-25)13-24(8-10-27-20)12-17-22-15-4-2-3-5-16(15)29-17/h2-7H,8-14H2,1H3. The van der Waals surface area contributed by atoms with Crippen molar-refractivity contribution in [1.29, 1.82) is 0 Å². The molecule has 2 aliphatic rings. The van der Waals surface area contributed by atoms with Crippen LogP contribution in [0.2, 0.25) is 0 Å². The molecular formula is C20H23N5O3S. The van der Waals surface area contributed by atoms with Gasteiger partial charge in [-0.15, -0.1) is 11.3 Å². The molecule has 1 spiro atoms. The number of aromatic nitrogens is 3. The third-order valence-electron chi connectivity index (χ3n) is 5.39. The molecule has 2 aliphatic heterocycles. The fourth-order valence-corrected chi connectivity index (χ4v) is 4.98. The molecule has 1 aromatic carbocycles. The molecule has 1 amide bonds. The van der Waals surface area contributed by atoms with E-state index in [1.54, 1.807) is 33.2 Å². The topological polar surface area (TPSA) is 72.7 Å². The number of ether oxygens (including phenoxy) is 2. The Hall–Kier alpha value is -2.33. The second-order valence-electron chi connectivity index (χ2n) is 7.48. The largest absolute Gasteiger partial charge is 0.346 e. The summed E-state index contributed by atoms with van der Waals surface area (Å²) in [6, 6.07) is 8.19. The fourth-order valence-electron chi connectivity index (χ4n) is 3.97. The third kappa shape index (κ3) is 3.66. The third-order valence-corrected chi connectivity index (χ3v) is 6.41. The minimum absolute atomic E-state index is 0.0907. The van der Waals surface area contributed by atoms with Crippen LogP contribution in [-0.4, -0.2) is 75.4 Å². The summed E-state index contributed by atoms with van der Waals surface area (Å²) in [7, 11) is 1.83. The first-order valence-electron chi connectivity index (χ1n) is 9.73. The number of hydrogen-bond acceptors (Lipinski definition) is 7. The Labute approximate surface area is 172 Å². The van der Waals surface area contributed by atoms with Gasteiger partial charge in [0.25, 0.3) is 5.91 Å². The number of para-hydroxylation sites is 1. The van der Waals surface area contributed by atoms with Gasteiger partial charge >= 0.3 is 0 Å². The first-order valence-corrected chi connectivity index (χ1v) is 10.5. The molecule has 2 fully saturated rings. The van der Waals surface area contributed by atoms with Crippen LogP contribution in [0.15, 0.2) is 36.7 Å². The molecule has 2 saturated heterocycles. The van der Waals surface area contributed by atoms with Crippen molar-refractivity contribution in [1.82, 2.24) is 24.3 Å². The van der Waals surface area contributed by atoms with Crippen LogP contribution < -0.4 is 0 Å². The highest BCUT2D eigenvalue weighted by Gasteiger charge is 2.43. The summed E-state index contributed by atoms with van der Waals surface area (Å²) in [4.78, 5) is 25.9. The summed E-state index contributed by atoms with van der Waals surface area (Å²) < 4.78 is 15.1. The molecule has 0 radical (unpaired) electrons. The molecule has 0 saturated carbocycles. The van der Waals surface area contributed by atoms with Crippen LogP contribution in [0.4, 0.5) is 0 Å². The van der Waals surface area contributed by atoms with Crippen LogP contribution in [0.1, 0.15) is 15.6 Å². The molecule has 3 aromatic rings. The highest BCUT2D eigenvalue weighted by Crippen LogP contribution is 2.28. The summed E-state index contributed by atoms with van der Waals surface area (Å²) >= 11 is 1.72. The van der Waals surface area contributed by atoms with Gasteiger partial charge < -0.3 is 18.9 Å². The number of imidazole rings is 1. The molecule has 152 valence electrons. The number of fused-ring (bicyclic) bond motifs is 1. The van der Waals surface area contributed by atoms with E-state index in [1.165, 1.54) is 4.70 Å². The number of rotatable bonds is 3. The van der Waals surface area contributed by atoms with Crippen LogP contribution in [0, 0.1) is 0 Å².